The molecule has 2 atom stereocenters. The molecule has 7 heteroatoms. The van der Waals surface area contributed by atoms with Gasteiger partial charge in [-0.2, -0.15) is 0 Å². The lowest BCUT2D eigenvalue weighted by Crippen LogP contribution is -2.45. The molecule has 0 spiro atoms. The zero-order valence-electron chi connectivity index (χ0n) is 13.2. The van der Waals surface area contributed by atoms with E-state index in [1.807, 2.05) is 6.92 Å². The lowest BCUT2D eigenvalue weighted by Gasteiger charge is -2.29. The zero-order chi connectivity index (χ0) is 17.0. The van der Waals surface area contributed by atoms with Crippen molar-refractivity contribution in [1.29, 1.82) is 0 Å². The van der Waals surface area contributed by atoms with Crippen LogP contribution >= 0.6 is 0 Å². The molecule has 1 aliphatic heterocycles. The van der Waals surface area contributed by atoms with Crippen molar-refractivity contribution in [2.24, 2.45) is 5.92 Å². The molecule has 23 heavy (non-hydrogen) atoms. The number of amides is 2. The van der Waals surface area contributed by atoms with Gasteiger partial charge in [0, 0.05) is 19.3 Å². The van der Waals surface area contributed by atoms with Crippen molar-refractivity contribution in [3.63, 3.8) is 0 Å². The summed E-state index contributed by atoms with van der Waals surface area (Å²) >= 11 is 0. The minimum atomic E-state index is -1.52. The summed E-state index contributed by atoms with van der Waals surface area (Å²) in [5, 5.41) is 5.43. The van der Waals surface area contributed by atoms with E-state index in [9.17, 15) is 18.0 Å². The van der Waals surface area contributed by atoms with Crippen molar-refractivity contribution in [2.45, 2.75) is 38.8 Å². The van der Waals surface area contributed by atoms with Gasteiger partial charge in [-0.3, -0.25) is 0 Å². The molecule has 1 fully saturated rings. The Balaban J connectivity index is 1.91. The van der Waals surface area contributed by atoms with Crippen LogP contribution in [0, 0.1) is 23.4 Å². The summed E-state index contributed by atoms with van der Waals surface area (Å²) in [6.07, 6.45) is 1.76. The van der Waals surface area contributed by atoms with Crippen LogP contribution in [0.1, 0.15) is 38.3 Å². The molecule has 0 bridgehead atoms. The Morgan fingerprint density at radius 1 is 1.13 bits per heavy atom. The van der Waals surface area contributed by atoms with Crippen LogP contribution < -0.4 is 10.6 Å². The van der Waals surface area contributed by atoms with Crippen molar-refractivity contribution >= 4 is 6.03 Å². The molecule has 2 N–H and O–H groups in total. The fourth-order valence-electron chi connectivity index (χ4n) is 2.69. The maximum absolute atomic E-state index is 13.2. The van der Waals surface area contributed by atoms with Gasteiger partial charge in [0.25, 0.3) is 0 Å². The lowest BCUT2D eigenvalue weighted by atomic mass is 9.93. The molecule has 1 aromatic rings. The Morgan fingerprint density at radius 2 is 1.70 bits per heavy atom. The average Bonchev–Trinajstić information content (AvgIpc) is 2.52. The summed E-state index contributed by atoms with van der Waals surface area (Å²) in [6.45, 7) is 4.86. The summed E-state index contributed by atoms with van der Waals surface area (Å²) in [5.74, 6) is -3.72. The van der Waals surface area contributed by atoms with E-state index in [-0.39, 0.29) is 11.6 Å². The van der Waals surface area contributed by atoms with Crippen molar-refractivity contribution in [3.8, 4) is 0 Å². The number of nitrogens with one attached hydrogen (secondary N) is 2. The first kappa shape index (κ1) is 17.6. The maximum atomic E-state index is 13.2. The van der Waals surface area contributed by atoms with Gasteiger partial charge in [-0.05, 0) is 50.3 Å². The molecule has 1 aliphatic rings. The quantitative estimate of drug-likeness (QED) is 0.833. The summed E-state index contributed by atoms with van der Waals surface area (Å²) in [6, 6.07) is 0.646. The summed E-state index contributed by atoms with van der Waals surface area (Å²) in [7, 11) is 0. The number of benzene rings is 1. The second kappa shape index (κ2) is 7.68. The first-order chi connectivity index (χ1) is 10.9. The smallest absolute Gasteiger partial charge is 0.315 e. The van der Waals surface area contributed by atoms with Crippen molar-refractivity contribution < 1.29 is 22.7 Å². The van der Waals surface area contributed by atoms with E-state index < -0.39 is 29.5 Å². The van der Waals surface area contributed by atoms with E-state index in [2.05, 4.69) is 10.6 Å². The third-order valence-electron chi connectivity index (χ3n) is 4.19. The van der Waals surface area contributed by atoms with Gasteiger partial charge in [0.1, 0.15) is 0 Å². The van der Waals surface area contributed by atoms with Gasteiger partial charge in [0.2, 0.25) is 0 Å². The van der Waals surface area contributed by atoms with E-state index in [4.69, 9.17) is 4.74 Å². The molecule has 0 aromatic heterocycles. The number of hydrogen-bond acceptors (Lipinski definition) is 2. The lowest BCUT2D eigenvalue weighted by molar-refractivity contribution is 0.0570. The van der Waals surface area contributed by atoms with Crippen LogP contribution in [0.3, 0.4) is 0 Å². The van der Waals surface area contributed by atoms with E-state index >= 15 is 0 Å². The van der Waals surface area contributed by atoms with Crippen LogP contribution in [-0.2, 0) is 4.74 Å². The van der Waals surface area contributed by atoms with Gasteiger partial charge < -0.3 is 15.4 Å². The van der Waals surface area contributed by atoms with Crippen LogP contribution in [0.5, 0.6) is 0 Å². The van der Waals surface area contributed by atoms with E-state index in [1.165, 1.54) is 0 Å². The first-order valence-corrected chi connectivity index (χ1v) is 7.67. The molecule has 1 aromatic carbocycles. The number of ether oxygens (including phenoxy) is 1. The predicted molar refractivity (Wildman–Crippen MR) is 79.4 cm³/mol. The number of halogens is 3. The summed E-state index contributed by atoms with van der Waals surface area (Å²) < 4.78 is 44.7. The maximum Gasteiger partial charge on any atom is 0.315 e. The van der Waals surface area contributed by atoms with Crippen LogP contribution in [-0.4, -0.2) is 25.3 Å². The summed E-state index contributed by atoms with van der Waals surface area (Å²) in [4.78, 5) is 12.0. The monoisotopic (exact) mass is 330 g/mol. The van der Waals surface area contributed by atoms with Gasteiger partial charge in [-0.1, -0.05) is 0 Å². The van der Waals surface area contributed by atoms with Gasteiger partial charge in [0.05, 0.1) is 6.04 Å². The normalized spacial score (nSPS) is 18.3. The van der Waals surface area contributed by atoms with E-state index in [1.54, 1.807) is 6.92 Å². The molecule has 1 saturated heterocycles. The van der Waals surface area contributed by atoms with Gasteiger partial charge in [-0.15, -0.1) is 0 Å². The molecular weight excluding hydrogens is 309 g/mol. The number of carbonyl (C=O) groups is 1. The minimum Gasteiger partial charge on any atom is -0.381 e. The molecule has 2 amide bonds. The Kier molecular flexibility index (Phi) is 5.87. The third kappa shape index (κ3) is 4.60. The topological polar surface area (TPSA) is 50.4 Å². The Morgan fingerprint density at radius 3 is 2.26 bits per heavy atom. The second-order valence-electron chi connectivity index (χ2n) is 5.88. The van der Waals surface area contributed by atoms with Crippen molar-refractivity contribution in [1.82, 2.24) is 10.6 Å². The fraction of sp³-hybridized carbons (Fsp3) is 0.562. The highest BCUT2D eigenvalue weighted by molar-refractivity contribution is 5.74. The molecule has 0 unspecified atom stereocenters. The molecular formula is C16H21F3N2O2. The van der Waals surface area contributed by atoms with E-state index in [0.29, 0.717) is 19.1 Å². The highest BCUT2D eigenvalue weighted by Crippen LogP contribution is 2.20. The third-order valence-corrected chi connectivity index (χ3v) is 4.19. The largest absolute Gasteiger partial charge is 0.381 e. The van der Waals surface area contributed by atoms with E-state index in [0.717, 1.165) is 25.0 Å². The number of hydrogen-bond donors (Lipinski definition) is 2. The van der Waals surface area contributed by atoms with Crippen LogP contribution in [0.25, 0.3) is 0 Å². The minimum absolute atomic E-state index is 0.0345. The second-order valence-corrected chi connectivity index (χ2v) is 5.88. The Labute approximate surface area is 133 Å². The van der Waals surface area contributed by atoms with Crippen LogP contribution in [0.15, 0.2) is 12.1 Å². The van der Waals surface area contributed by atoms with Crippen LogP contribution in [0.2, 0.25) is 0 Å². The summed E-state index contributed by atoms with van der Waals surface area (Å²) in [5.41, 5.74) is 0.162. The Hall–Kier alpha value is -1.76. The molecule has 2 rings (SSSR count). The number of urea groups is 1. The van der Waals surface area contributed by atoms with Crippen molar-refractivity contribution in [3.05, 3.63) is 35.1 Å². The van der Waals surface area contributed by atoms with Crippen LogP contribution in [0.4, 0.5) is 18.0 Å². The molecule has 4 nitrogen and oxygen atoms in total. The highest BCUT2D eigenvalue weighted by Gasteiger charge is 2.23. The zero-order valence-corrected chi connectivity index (χ0v) is 13.2. The fourth-order valence-corrected chi connectivity index (χ4v) is 2.69. The standard InChI is InChI=1S/C16H21F3N2O2/c1-9(11-3-5-23-6-4-11)20-16(22)21-10(2)12-7-13(17)15(19)14(18)8-12/h7-11H,3-6H2,1-2H3,(H2,20,21,22)/t9-,10-/m1/s1. The number of carbonyl (C=O) groups excluding carboxylic acids is 1. The molecule has 1 heterocycles. The predicted octanol–water partition coefficient (Wildman–Crippen LogP) is 3.28. The molecule has 0 radical (unpaired) electrons. The van der Waals surface area contributed by atoms with Gasteiger partial charge in [-0.25, -0.2) is 18.0 Å². The average molecular weight is 330 g/mol. The Bertz CT molecular complexity index is 539. The SMILES string of the molecule is C[C@@H](NC(=O)N[C@H](C)C1CCOCC1)c1cc(F)c(F)c(F)c1. The number of rotatable bonds is 4. The van der Waals surface area contributed by atoms with Gasteiger partial charge >= 0.3 is 6.03 Å². The van der Waals surface area contributed by atoms with Crippen molar-refractivity contribution in [2.75, 3.05) is 13.2 Å². The first-order valence-electron chi connectivity index (χ1n) is 7.67. The highest BCUT2D eigenvalue weighted by atomic mass is 19.2. The molecule has 128 valence electrons. The molecule has 0 saturated carbocycles. The van der Waals surface area contributed by atoms with Gasteiger partial charge in [0.15, 0.2) is 17.5 Å². The molecule has 0 aliphatic carbocycles.